The van der Waals surface area contributed by atoms with Gasteiger partial charge in [0.15, 0.2) is 0 Å². The van der Waals surface area contributed by atoms with Gasteiger partial charge in [0.2, 0.25) is 5.95 Å². The predicted molar refractivity (Wildman–Crippen MR) is 76.3 cm³/mol. The smallest absolute Gasteiger partial charge is 0.222 e. The molecular weight excluding hydrogens is 240 g/mol. The number of anilines is 1. The molecule has 0 aromatic carbocycles. The monoisotopic (exact) mass is 264 g/mol. The van der Waals surface area contributed by atoms with Crippen LogP contribution in [0.2, 0.25) is 0 Å². The van der Waals surface area contributed by atoms with Gasteiger partial charge >= 0.3 is 0 Å². The van der Waals surface area contributed by atoms with E-state index in [9.17, 15) is 0 Å². The first-order valence-electron chi connectivity index (χ1n) is 7.10. The summed E-state index contributed by atoms with van der Waals surface area (Å²) in [5.41, 5.74) is 1.20. The van der Waals surface area contributed by atoms with Crippen molar-refractivity contribution in [1.82, 2.24) is 15.3 Å². The van der Waals surface area contributed by atoms with E-state index in [4.69, 9.17) is 4.74 Å². The Morgan fingerprint density at radius 2 is 2.21 bits per heavy atom. The predicted octanol–water partition coefficient (Wildman–Crippen LogP) is 1.47. The maximum Gasteiger partial charge on any atom is 0.222 e. The van der Waals surface area contributed by atoms with E-state index >= 15 is 0 Å². The Kier molecular flexibility index (Phi) is 5.54. The van der Waals surface area contributed by atoms with Gasteiger partial charge in [-0.2, -0.15) is 0 Å². The van der Waals surface area contributed by atoms with E-state index in [-0.39, 0.29) is 0 Å². The topological polar surface area (TPSA) is 59.1 Å². The highest BCUT2D eigenvalue weighted by molar-refractivity contribution is 5.24. The zero-order valence-corrected chi connectivity index (χ0v) is 11.9. The molecule has 106 valence electrons. The van der Waals surface area contributed by atoms with Gasteiger partial charge in [-0.15, -0.1) is 0 Å². The molecule has 2 heterocycles. The standard InChI is InChI=1S/C14H24N4O/c1-11(2)7-12-8-17-14(18-9-12)16-4-3-13-10-19-6-5-15-13/h8-9,11,13,15H,3-7,10H2,1-2H3,(H,16,17,18). The highest BCUT2D eigenvalue weighted by Crippen LogP contribution is 2.07. The van der Waals surface area contributed by atoms with Crippen molar-refractivity contribution in [3.63, 3.8) is 0 Å². The average molecular weight is 264 g/mol. The maximum atomic E-state index is 5.42. The first-order chi connectivity index (χ1) is 9.24. The number of hydrogen-bond donors (Lipinski definition) is 2. The summed E-state index contributed by atoms with van der Waals surface area (Å²) in [6.45, 7) is 7.84. The van der Waals surface area contributed by atoms with Crippen LogP contribution in [0, 0.1) is 5.92 Å². The van der Waals surface area contributed by atoms with E-state index in [1.165, 1.54) is 5.56 Å². The Morgan fingerprint density at radius 3 is 2.84 bits per heavy atom. The minimum atomic E-state index is 0.446. The Bertz CT molecular complexity index is 360. The fraction of sp³-hybridized carbons (Fsp3) is 0.714. The van der Waals surface area contributed by atoms with Crippen LogP contribution in [0.3, 0.4) is 0 Å². The van der Waals surface area contributed by atoms with Crippen molar-refractivity contribution in [1.29, 1.82) is 0 Å². The van der Waals surface area contributed by atoms with Gasteiger partial charge < -0.3 is 15.4 Å². The first-order valence-corrected chi connectivity index (χ1v) is 7.10. The van der Waals surface area contributed by atoms with Crippen molar-refractivity contribution in [3.05, 3.63) is 18.0 Å². The van der Waals surface area contributed by atoms with E-state index in [1.54, 1.807) is 0 Å². The molecule has 0 spiro atoms. The van der Waals surface area contributed by atoms with Crippen LogP contribution in [0.1, 0.15) is 25.8 Å². The summed E-state index contributed by atoms with van der Waals surface area (Å²) < 4.78 is 5.42. The maximum absolute atomic E-state index is 5.42. The molecule has 1 aromatic rings. The second-order valence-corrected chi connectivity index (χ2v) is 5.45. The highest BCUT2D eigenvalue weighted by atomic mass is 16.5. The summed E-state index contributed by atoms with van der Waals surface area (Å²) in [7, 11) is 0. The lowest BCUT2D eigenvalue weighted by Gasteiger charge is -2.23. The third-order valence-electron chi connectivity index (χ3n) is 3.12. The lowest BCUT2D eigenvalue weighted by atomic mass is 10.1. The van der Waals surface area contributed by atoms with Crippen LogP contribution in [0.15, 0.2) is 12.4 Å². The summed E-state index contributed by atoms with van der Waals surface area (Å²) in [5.74, 6) is 1.35. The van der Waals surface area contributed by atoms with E-state index in [2.05, 4.69) is 34.4 Å². The summed E-state index contributed by atoms with van der Waals surface area (Å²) in [4.78, 5) is 8.68. The molecule has 2 rings (SSSR count). The molecule has 0 radical (unpaired) electrons. The van der Waals surface area contributed by atoms with Crippen LogP contribution in [-0.2, 0) is 11.2 Å². The van der Waals surface area contributed by atoms with E-state index in [0.29, 0.717) is 17.9 Å². The van der Waals surface area contributed by atoms with E-state index in [1.807, 2.05) is 12.4 Å². The number of aromatic nitrogens is 2. The van der Waals surface area contributed by atoms with Gasteiger partial charge in [0, 0.05) is 31.5 Å². The number of hydrogen-bond acceptors (Lipinski definition) is 5. The normalized spacial score (nSPS) is 19.6. The Morgan fingerprint density at radius 1 is 1.42 bits per heavy atom. The third kappa shape index (κ3) is 5.12. The van der Waals surface area contributed by atoms with Crippen molar-refractivity contribution in [3.8, 4) is 0 Å². The fourth-order valence-electron chi connectivity index (χ4n) is 2.19. The van der Waals surface area contributed by atoms with Gasteiger partial charge in [0.05, 0.1) is 13.2 Å². The van der Waals surface area contributed by atoms with Gasteiger partial charge in [-0.05, 0) is 24.3 Å². The molecular formula is C14H24N4O. The molecule has 0 bridgehead atoms. The summed E-state index contributed by atoms with van der Waals surface area (Å²) in [6, 6.07) is 0.446. The van der Waals surface area contributed by atoms with Crippen molar-refractivity contribution in [2.24, 2.45) is 5.92 Å². The summed E-state index contributed by atoms with van der Waals surface area (Å²) in [6.07, 6.45) is 5.88. The van der Waals surface area contributed by atoms with Gasteiger partial charge in [-0.3, -0.25) is 0 Å². The molecule has 0 saturated carbocycles. The van der Waals surface area contributed by atoms with Gasteiger partial charge in [-0.25, -0.2) is 9.97 Å². The third-order valence-corrected chi connectivity index (χ3v) is 3.12. The Labute approximate surface area is 115 Å². The van der Waals surface area contributed by atoms with Crippen molar-refractivity contribution in [2.75, 3.05) is 31.6 Å². The quantitative estimate of drug-likeness (QED) is 0.814. The lowest BCUT2D eigenvalue weighted by molar-refractivity contribution is 0.0753. The average Bonchev–Trinajstić information content (AvgIpc) is 2.41. The zero-order chi connectivity index (χ0) is 13.5. The van der Waals surface area contributed by atoms with E-state index < -0.39 is 0 Å². The Hall–Kier alpha value is -1.20. The highest BCUT2D eigenvalue weighted by Gasteiger charge is 2.12. The first kappa shape index (κ1) is 14.2. The number of rotatable bonds is 6. The van der Waals surface area contributed by atoms with Gasteiger partial charge in [0.1, 0.15) is 0 Å². The second-order valence-electron chi connectivity index (χ2n) is 5.45. The SMILES string of the molecule is CC(C)Cc1cnc(NCCC2COCCN2)nc1. The summed E-state index contributed by atoms with van der Waals surface area (Å²) in [5, 5.41) is 6.68. The minimum absolute atomic E-state index is 0.446. The summed E-state index contributed by atoms with van der Waals surface area (Å²) >= 11 is 0. The van der Waals surface area contributed by atoms with Crippen LogP contribution >= 0.6 is 0 Å². The van der Waals surface area contributed by atoms with Crippen LogP contribution < -0.4 is 10.6 Å². The van der Waals surface area contributed by atoms with Crippen LogP contribution in [0.25, 0.3) is 0 Å². The van der Waals surface area contributed by atoms with Crippen LogP contribution in [-0.4, -0.2) is 42.3 Å². The molecule has 19 heavy (non-hydrogen) atoms. The molecule has 1 unspecified atom stereocenters. The van der Waals surface area contributed by atoms with Crippen molar-refractivity contribution >= 4 is 5.95 Å². The number of nitrogens with zero attached hydrogens (tertiary/aromatic N) is 2. The second kappa shape index (κ2) is 7.40. The molecule has 2 N–H and O–H groups in total. The van der Waals surface area contributed by atoms with Crippen molar-refractivity contribution < 1.29 is 4.74 Å². The Balaban J connectivity index is 1.70. The molecule has 1 saturated heterocycles. The van der Waals surface area contributed by atoms with Gasteiger partial charge in [-0.1, -0.05) is 13.8 Å². The molecule has 1 aliphatic heterocycles. The van der Waals surface area contributed by atoms with Crippen molar-refractivity contribution in [2.45, 2.75) is 32.7 Å². The number of nitrogens with one attached hydrogen (secondary N) is 2. The van der Waals surface area contributed by atoms with Gasteiger partial charge in [0.25, 0.3) is 0 Å². The molecule has 5 nitrogen and oxygen atoms in total. The lowest BCUT2D eigenvalue weighted by Crippen LogP contribution is -2.42. The molecule has 1 aromatic heterocycles. The molecule has 0 aliphatic carbocycles. The number of ether oxygens (including phenoxy) is 1. The number of morpholine rings is 1. The molecule has 5 heteroatoms. The largest absolute Gasteiger partial charge is 0.379 e. The molecule has 1 atom stereocenters. The molecule has 0 amide bonds. The zero-order valence-electron chi connectivity index (χ0n) is 11.9. The minimum Gasteiger partial charge on any atom is -0.379 e. The fourth-order valence-corrected chi connectivity index (χ4v) is 2.19. The van der Waals surface area contributed by atoms with Crippen LogP contribution in [0.4, 0.5) is 5.95 Å². The molecule has 1 aliphatic rings. The van der Waals surface area contributed by atoms with Crippen LogP contribution in [0.5, 0.6) is 0 Å². The molecule has 1 fully saturated rings. The van der Waals surface area contributed by atoms with E-state index in [0.717, 1.165) is 39.1 Å².